The number of amides is 1. The lowest BCUT2D eigenvalue weighted by Gasteiger charge is -2.15. The average molecular weight is 247 g/mol. The normalized spacial score (nSPS) is 18.6. The van der Waals surface area contributed by atoms with Crippen LogP contribution in [0.15, 0.2) is 12.1 Å². The van der Waals surface area contributed by atoms with E-state index in [1.54, 1.807) is 6.07 Å². The smallest absolute Gasteiger partial charge is 0.220 e. The van der Waals surface area contributed by atoms with Crippen molar-refractivity contribution in [3.63, 3.8) is 0 Å². The predicted octanol–water partition coefficient (Wildman–Crippen LogP) is 1.77. The second kappa shape index (κ2) is 5.21. The molecule has 1 aromatic carbocycles. The second-order valence-electron chi connectivity index (χ2n) is 4.63. The SMILES string of the molecule is Cc1c(C=O)ccc(OCC2CCC(=O)N2)c1C. The van der Waals surface area contributed by atoms with E-state index in [1.165, 1.54) is 0 Å². The van der Waals surface area contributed by atoms with Crippen molar-refractivity contribution >= 4 is 12.2 Å². The Morgan fingerprint density at radius 2 is 2.17 bits per heavy atom. The summed E-state index contributed by atoms with van der Waals surface area (Å²) in [5, 5.41) is 2.86. The van der Waals surface area contributed by atoms with Crippen LogP contribution in [0.1, 0.15) is 34.3 Å². The highest BCUT2D eigenvalue weighted by atomic mass is 16.5. The number of carbonyl (C=O) groups excluding carboxylic acids is 2. The van der Waals surface area contributed by atoms with Crippen LogP contribution in [-0.4, -0.2) is 24.8 Å². The van der Waals surface area contributed by atoms with E-state index in [2.05, 4.69) is 5.32 Å². The predicted molar refractivity (Wildman–Crippen MR) is 68.0 cm³/mol. The van der Waals surface area contributed by atoms with E-state index in [-0.39, 0.29) is 11.9 Å². The lowest BCUT2D eigenvalue weighted by Crippen LogP contribution is -2.31. The number of ether oxygens (including phenoxy) is 1. The maximum absolute atomic E-state index is 11.1. The molecule has 1 aliphatic heterocycles. The van der Waals surface area contributed by atoms with Gasteiger partial charge in [0.2, 0.25) is 5.91 Å². The fraction of sp³-hybridized carbons (Fsp3) is 0.429. The van der Waals surface area contributed by atoms with Gasteiger partial charge in [0, 0.05) is 12.0 Å². The molecule has 1 saturated heterocycles. The van der Waals surface area contributed by atoms with Crippen LogP contribution in [0.25, 0.3) is 0 Å². The molecule has 4 heteroatoms. The van der Waals surface area contributed by atoms with E-state index in [4.69, 9.17) is 4.74 Å². The van der Waals surface area contributed by atoms with E-state index in [0.717, 1.165) is 29.6 Å². The van der Waals surface area contributed by atoms with Gasteiger partial charge in [-0.1, -0.05) is 0 Å². The molecule has 18 heavy (non-hydrogen) atoms. The van der Waals surface area contributed by atoms with Crippen LogP contribution in [-0.2, 0) is 4.79 Å². The van der Waals surface area contributed by atoms with Gasteiger partial charge < -0.3 is 10.1 Å². The van der Waals surface area contributed by atoms with Crippen molar-refractivity contribution in [2.45, 2.75) is 32.7 Å². The van der Waals surface area contributed by atoms with E-state index >= 15 is 0 Å². The first-order chi connectivity index (χ1) is 8.61. The van der Waals surface area contributed by atoms with Gasteiger partial charge in [0.25, 0.3) is 0 Å². The highest BCUT2D eigenvalue weighted by molar-refractivity contribution is 5.79. The van der Waals surface area contributed by atoms with Crippen molar-refractivity contribution in [2.24, 2.45) is 0 Å². The summed E-state index contributed by atoms with van der Waals surface area (Å²) in [5.41, 5.74) is 2.61. The summed E-state index contributed by atoms with van der Waals surface area (Å²) < 4.78 is 5.72. The number of carbonyl (C=O) groups is 2. The van der Waals surface area contributed by atoms with Crippen molar-refractivity contribution in [3.05, 3.63) is 28.8 Å². The minimum absolute atomic E-state index is 0.0906. The average Bonchev–Trinajstić information content (AvgIpc) is 2.77. The number of benzene rings is 1. The Morgan fingerprint density at radius 1 is 1.39 bits per heavy atom. The summed E-state index contributed by atoms with van der Waals surface area (Å²) >= 11 is 0. The number of rotatable bonds is 4. The van der Waals surface area contributed by atoms with Crippen molar-refractivity contribution in [3.8, 4) is 5.75 Å². The van der Waals surface area contributed by atoms with Crippen LogP contribution in [0, 0.1) is 13.8 Å². The van der Waals surface area contributed by atoms with Gasteiger partial charge in [-0.25, -0.2) is 0 Å². The molecule has 1 fully saturated rings. The van der Waals surface area contributed by atoms with E-state index in [0.29, 0.717) is 18.6 Å². The molecule has 1 amide bonds. The molecule has 0 bridgehead atoms. The van der Waals surface area contributed by atoms with Crippen molar-refractivity contribution in [1.82, 2.24) is 5.32 Å². The zero-order chi connectivity index (χ0) is 13.1. The highest BCUT2D eigenvalue weighted by Gasteiger charge is 2.21. The molecule has 1 N–H and O–H groups in total. The number of hydrogen-bond donors (Lipinski definition) is 1. The van der Waals surface area contributed by atoms with Crippen LogP contribution in [0.3, 0.4) is 0 Å². The third-order valence-electron chi connectivity index (χ3n) is 3.43. The second-order valence-corrected chi connectivity index (χ2v) is 4.63. The molecule has 0 aliphatic carbocycles. The summed E-state index contributed by atoms with van der Waals surface area (Å²) in [4.78, 5) is 21.9. The Morgan fingerprint density at radius 3 is 2.78 bits per heavy atom. The molecule has 1 aromatic rings. The van der Waals surface area contributed by atoms with Crippen LogP contribution < -0.4 is 10.1 Å². The highest BCUT2D eigenvalue weighted by Crippen LogP contribution is 2.24. The molecule has 1 aliphatic rings. The summed E-state index contributed by atoms with van der Waals surface area (Å²) in [5.74, 6) is 0.868. The molecular weight excluding hydrogens is 230 g/mol. The van der Waals surface area contributed by atoms with Gasteiger partial charge in [0.15, 0.2) is 0 Å². The summed E-state index contributed by atoms with van der Waals surface area (Å²) in [6.07, 6.45) is 2.25. The van der Waals surface area contributed by atoms with Gasteiger partial charge >= 0.3 is 0 Å². The van der Waals surface area contributed by atoms with E-state index < -0.39 is 0 Å². The van der Waals surface area contributed by atoms with Gasteiger partial charge in [-0.3, -0.25) is 9.59 Å². The zero-order valence-electron chi connectivity index (χ0n) is 10.7. The Hall–Kier alpha value is -1.84. The molecule has 0 radical (unpaired) electrons. The van der Waals surface area contributed by atoms with Crippen LogP contribution >= 0.6 is 0 Å². The molecule has 0 spiro atoms. The standard InChI is InChI=1S/C14H17NO3/c1-9-10(2)13(5-3-11(9)7-16)18-8-12-4-6-14(17)15-12/h3,5,7,12H,4,6,8H2,1-2H3,(H,15,17). The Kier molecular flexibility index (Phi) is 3.65. The molecule has 0 aromatic heterocycles. The first-order valence-corrected chi connectivity index (χ1v) is 6.09. The number of nitrogens with one attached hydrogen (secondary N) is 1. The van der Waals surface area contributed by atoms with Crippen molar-refractivity contribution in [1.29, 1.82) is 0 Å². The third kappa shape index (κ3) is 2.53. The number of aldehydes is 1. The first kappa shape index (κ1) is 12.6. The minimum atomic E-state index is 0.0906. The molecular formula is C14H17NO3. The molecule has 1 heterocycles. The Bertz CT molecular complexity index is 482. The fourth-order valence-corrected chi connectivity index (χ4v) is 2.09. The maximum Gasteiger partial charge on any atom is 0.220 e. The van der Waals surface area contributed by atoms with Gasteiger partial charge in [-0.15, -0.1) is 0 Å². The topological polar surface area (TPSA) is 55.4 Å². The Labute approximate surface area is 106 Å². The van der Waals surface area contributed by atoms with E-state index in [9.17, 15) is 9.59 Å². The molecule has 2 rings (SSSR count). The van der Waals surface area contributed by atoms with Crippen molar-refractivity contribution < 1.29 is 14.3 Å². The van der Waals surface area contributed by atoms with Gasteiger partial charge in [-0.05, 0) is 43.5 Å². The van der Waals surface area contributed by atoms with Gasteiger partial charge in [0.1, 0.15) is 18.6 Å². The van der Waals surface area contributed by atoms with Gasteiger partial charge in [-0.2, -0.15) is 0 Å². The van der Waals surface area contributed by atoms with Crippen molar-refractivity contribution in [2.75, 3.05) is 6.61 Å². The lowest BCUT2D eigenvalue weighted by molar-refractivity contribution is -0.119. The molecule has 96 valence electrons. The van der Waals surface area contributed by atoms with E-state index in [1.807, 2.05) is 19.9 Å². The van der Waals surface area contributed by atoms with Crippen LogP contribution in [0.4, 0.5) is 0 Å². The largest absolute Gasteiger partial charge is 0.491 e. The molecule has 1 unspecified atom stereocenters. The van der Waals surface area contributed by atoms with Crippen LogP contribution in [0.2, 0.25) is 0 Å². The zero-order valence-corrected chi connectivity index (χ0v) is 10.7. The van der Waals surface area contributed by atoms with Crippen LogP contribution in [0.5, 0.6) is 5.75 Å². The lowest BCUT2D eigenvalue weighted by atomic mass is 10.0. The minimum Gasteiger partial charge on any atom is -0.491 e. The fourth-order valence-electron chi connectivity index (χ4n) is 2.09. The third-order valence-corrected chi connectivity index (χ3v) is 3.43. The van der Waals surface area contributed by atoms with Gasteiger partial charge in [0.05, 0.1) is 6.04 Å². The number of hydrogen-bond acceptors (Lipinski definition) is 3. The molecule has 0 saturated carbocycles. The summed E-state index contributed by atoms with van der Waals surface area (Å²) in [7, 11) is 0. The quantitative estimate of drug-likeness (QED) is 0.825. The first-order valence-electron chi connectivity index (χ1n) is 6.09. The molecule has 1 atom stereocenters. The Balaban J connectivity index is 2.03. The summed E-state index contributed by atoms with van der Waals surface area (Å²) in [6, 6.07) is 3.67. The maximum atomic E-state index is 11.1. The molecule has 4 nitrogen and oxygen atoms in total. The summed E-state index contributed by atoms with van der Waals surface area (Å²) in [6.45, 7) is 4.32. The monoisotopic (exact) mass is 247 g/mol.